The van der Waals surface area contributed by atoms with E-state index < -0.39 is 0 Å². The summed E-state index contributed by atoms with van der Waals surface area (Å²) in [6, 6.07) is 0. The highest BCUT2D eigenvalue weighted by Crippen LogP contribution is 2.08. The molecule has 0 radical (unpaired) electrons. The summed E-state index contributed by atoms with van der Waals surface area (Å²) in [5.74, 6) is 0.411. The van der Waals surface area contributed by atoms with Gasteiger partial charge in [-0.1, -0.05) is 0 Å². The molecular formula is C15H30IN5O2. The lowest BCUT2D eigenvalue weighted by Gasteiger charge is -2.27. The van der Waals surface area contributed by atoms with Gasteiger partial charge in [0.05, 0.1) is 13.1 Å². The first-order chi connectivity index (χ1) is 10.3. The van der Waals surface area contributed by atoms with E-state index in [4.69, 9.17) is 0 Å². The zero-order valence-electron chi connectivity index (χ0n) is 14.6. The number of aliphatic imine (C=N–C) groups is 1. The van der Waals surface area contributed by atoms with Gasteiger partial charge in [-0.25, -0.2) is 0 Å². The summed E-state index contributed by atoms with van der Waals surface area (Å²) in [5, 5.41) is 8.71. The second kappa shape index (κ2) is 10.7. The van der Waals surface area contributed by atoms with Crippen molar-refractivity contribution in [1.29, 1.82) is 0 Å². The number of carbonyl (C=O) groups excluding carboxylic acids is 2. The molecule has 1 fully saturated rings. The van der Waals surface area contributed by atoms with Crippen LogP contribution in [0.25, 0.3) is 0 Å². The first-order valence-electron chi connectivity index (χ1n) is 7.85. The number of likely N-dealkylation sites (tertiary alicyclic amines) is 1. The van der Waals surface area contributed by atoms with Crippen LogP contribution in [-0.4, -0.2) is 61.4 Å². The summed E-state index contributed by atoms with van der Waals surface area (Å²) in [6.45, 7) is 7.76. The fraction of sp³-hybridized carbons (Fsp3) is 0.800. The van der Waals surface area contributed by atoms with Gasteiger partial charge in [-0.05, 0) is 40.0 Å². The van der Waals surface area contributed by atoms with Crippen LogP contribution in [0.3, 0.4) is 0 Å². The van der Waals surface area contributed by atoms with Gasteiger partial charge >= 0.3 is 0 Å². The van der Waals surface area contributed by atoms with Gasteiger partial charge in [0.15, 0.2) is 5.96 Å². The summed E-state index contributed by atoms with van der Waals surface area (Å²) in [5.41, 5.74) is -0.264. The molecule has 1 rings (SSSR count). The normalized spacial score (nSPS) is 15.5. The Hall–Kier alpha value is -1.06. The molecule has 1 saturated heterocycles. The summed E-state index contributed by atoms with van der Waals surface area (Å²) in [7, 11) is 1.61. The number of rotatable bonds is 4. The number of amides is 2. The van der Waals surface area contributed by atoms with Crippen molar-refractivity contribution < 1.29 is 9.59 Å². The lowest BCUT2D eigenvalue weighted by molar-refractivity contribution is -0.130. The smallest absolute Gasteiger partial charge is 0.241 e. The van der Waals surface area contributed by atoms with E-state index in [0.29, 0.717) is 5.96 Å². The monoisotopic (exact) mass is 439 g/mol. The molecule has 0 aliphatic carbocycles. The maximum atomic E-state index is 12.0. The standard InChI is InChI=1S/C15H29N5O2.HI/c1-15(2,3)19-12(21)10-17-14(16-4)18-11-13(22)20-8-6-5-7-9-20;/h5-11H2,1-4H3,(H,19,21)(H2,16,17,18);1H. The Kier molecular flexibility index (Phi) is 10.2. The number of halogens is 1. The molecule has 0 aromatic rings. The highest BCUT2D eigenvalue weighted by molar-refractivity contribution is 14.0. The van der Waals surface area contributed by atoms with E-state index in [2.05, 4.69) is 20.9 Å². The minimum atomic E-state index is -0.264. The van der Waals surface area contributed by atoms with E-state index in [0.717, 1.165) is 25.9 Å². The van der Waals surface area contributed by atoms with Crippen molar-refractivity contribution in [2.45, 2.75) is 45.6 Å². The van der Waals surface area contributed by atoms with E-state index in [1.807, 2.05) is 25.7 Å². The van der Waals surface area contributed by atoms with E-state index in [1.54, 1.807) is 7.05 Å². The zero-order valence-corrected chi connectivity index (χ0v) is 16.9. The molecule has 3 N–H and O–H groups in total. The Morgan fingerprint density at radius 1 is 1.04 bits per heavy atom. The van der Waals surface area contributed by atoms with E-state index in [1.165, 1.54) is 6.42 Å². The molecule has 8 heteroatoms. The minimum absolute atomic E-state index is 0. The number of piperidine rings is 1. The van der Waals surface area contributed by atoms with Crippen LogP contribution in [-0.2, 0) is 9.59 Å². The van der Waals surface area contributed by atoms with Crippen molar-refractivity contribution in [2.24, 2.45) is 4.99 Å². The van der Waals surface area contributed by atoms with E-state index >= 15 is 0 Å². The van der Waals surface area contributed by atoms with Crippen molar-refractivity contribution >= 4 is 41.8 Å². The lowest BCUT2D eigenvalue weighted by Crippen LogP contribution is -2.50. The maximum absolute atomic E-state index is 12.0. The molecule has 0 aromatic heterocycles. The summed E-state index contributed by atoms with van der Waals surface area (Å²) in [6.07, 6.45) is 3.35. The highest BCUT2D eigenvalue weighted by Gasteiger charge is 2.17. The van der Waals surface area contributed by atoms with Crippen molar-refractivity contribution in [1.82, 2.24) is 20.9 Å². The van der Waals surface area contributed by atoms with Gasteiger partial charge in [0.1, 0.15) is 0 Å². The molecule has 0 saturated carbocycles. The van der Waals surface area contributed by atoms with E-state index in [9.17, 15) is 9.59 Å². The van der Waals surface area contributed by atoms with Crippen LogP contribution in [0.5, 0.6) is 0 Å². The number of nitrogens with zero attached hydrogens (tertiary/aromatic N) is 2. The van der Waals surface area contributed by atoms with Gasteiger partial charge in [0, 0.05) is 25.7 Å². The van der Waals surface area contributed by atoms with Crippen LogP contribution in [0.15, 0.2) is 4.99 Å². The first kappa shape index (κ1) is 21.9. The molecule has 2 amide bonds. The number of carbonyl (C=O) groups is 2. The van der Waals surface area contributed by atoms with Crippen LogP contribution >= 0.6 is 24.0 Å². The SMILES string of the molecule is CN=C(NCC(=O)NC(C)(C)C)NCC(=O)N1CCCCC1.I. The Labute approximate surface area is 156 Å². The van der Waals surface area contributed by atoms with Crippen LogP contribution in [0.4, 0.5) is 0 Å². The number of nitrogens with one attached hydrogen (secondary N) is 3. The minimum Gasteiger partial charge on any atom is -0.350 e. The van der Waals surface area contributed by atoms with Gasteiger partial charge in [-0.2, -0.15) is 0 Å². The average molecular weight is 439 g/mol. The predicted octanol–water partition coefficient (Wildman–Crippen LogP) is 0.697. The van der Waals surface area contributed by atoms with Gasteiger partial charge in [0.25, 0.3) is 0 Å². The highest BCUT2D eigenvalue weighted by atomic mass is 127. The maximum Gasteiger partial charge on any atom is 0.241 e. The van der Waals surface area contributed by atoms with Crippen molar-refractivity contribution in [3.05, 3.63) is 0 Å². The predicted molar refractivity (Wildman–Crippen MR) is 103 cm³/mol. The van der Waals surface area contributed by atoms with Crippen molar-refractivity contribution in [3.63, 3.8) is 0 Å². The second-order valence-electron chi connectivity index (χ2n) is 6.52. The summed E-state index contributed by atoms with van der Waals surface area (Å²) >= 11 is 0. The largest absolute Gasteiger partial charge is 0.350 e. The third-order valence-corrected chi connectivity index (χ3v) is 3.27. The molecular weight excluding hydrogens is 409 g/mol. The van der Waals surface area contributed by atoms with Gasteiger partial charge in [-0.3, -0.25) is 14.6 Å². The lowest BCUT2D eigenvalue weighted by atomic mass is 10.1. The topological polar surface area (TPSA) is 85.8 Å². The Balaban J connectivity index is 0.00000484. The molecule has 1 aliphatic heterocycles. The Morgan fingerprint density at radius 3 is 2.13 bits per heavy atom. The molecule has 0 bridgehead atoms. The Bertz CT molecular complexity index is 415. The van der Waals surface area contributed by atoms with E-state index in [-0.39, 0.29) is 54.4 Å². The molecule has 1 aliphatic rings. The number of hydrogen-bond acceptors (Lipinski definition) is 3. The fourth-order valence-corrected chi connectivity index (χ4v) is 2.26. The van der Waals surface area contributed by atoms with Crippen LogP contribution in [0.1, 0.15) is 40.0 Å². The summed E-state index contributed by atoms with van der Waals surface area (Å²) < 4.78 is 0. The third-order valence-electron chi connectivity index (χ3n) is 3.27. The zero-order chi connectivity index (χ0) is 16.6. The van der Waals surface area contributed by atoms with Gasteiger partial charge in [-0.15, -0.1) is 24.0 Å². The van der Waals surface area contributed by atoms with Gasteiger partial charge < -0.3 is 20.9 Å². The molecule has 134 valence electrons. The molecule has 0 aromatic carbocycles. The quantitative estimate of drug-likeness (QED) is 0.342. The van der Waals surface area contributed by atoms with Crippen LogP contribution in [0.2, 0.25) is 0 Å². The third kappa shape index (κ3) is 9.62. The molecule has 0 spiro atoms. The van der Waals surface area contributed by atoms with Gasteiger partial charge in [0.2, 0.25) is 11.8 Å². The number of hydrogen-bond donors (Lipinski definition) is 3. The average Bonchev–Trinajstić information content (AvgIpc) is 2.46. The molecule has 0 unspecified atom stereocenters. The number of guanidine groups is 1. The second-order valence-corrected chi connectivity index (χ2v) is 6.52. The fourth-order valence-electron chi connectivity index (χ4n) is 2.26. The Morgan fingerprint density at radius 2 is 1.61 bits per heavy atom. The molecule has 23 heavy (non-hydrogen) atoms. The molecule has 7 nitrogen and oxygen atoms in total. The van der Waals surface area contributed by atoms with Crippen molar-refractivity contribution in [2.75, 3.05) is 33.2 Å². The molecule has 0 atom stereocenters. The summed E-state index contributed by atoms with van der Waals surface area (Å²) in [4.78, 5) is 29.7. The first-order valence-corrected chi connectivity index (χ1v) is 7.85. The van der Waals surface area contributed by atoms with Crippen molar-refractivity contribution in [3.8, 4) is 0 Å². The molecule has 1 heterocycles. The van der Waals surface area contributed by atoms with Crippen LogP contribution in [0, 0.1) is 0 Å². The van der Waals surface area contributed by atoms with Crippen LogP contribution < -0.4 is 16.0 Å².